The zero-order valence-corrected chi connectivity index (χ0v) is 17.1. The Morgan fingerprint density at radius 1 is 1.28 bits per heavy atom. The molecular weight excluding hydrogens is 370 g/mol. The summed E-state index contributed by atoms with van der Waals surface area (Å²) in [5.41, 5.74) is 0.933. The molecule has 0 aliphatic carbocycles. The number of amides is 2. The summed E-state index contributed by atoms with van der Waals surface area (Å²) in [5, 5.41) is 9.86. The van der Waals surface area contributed by atoms with E-state index in [-0.39, 0.29) is 30.9 Å². The fourth-order valence-corrected chi connectivity index (χ4v) is 3.35. The second-order valence-corrected chi connectivity index (χ2v) is 7.46. The molecule has 156 valence electrons. The van der Waals surface area contributed by atoms with Crippen molar-refractivity contribution in [2.75, 3.05) is 13.1 Å². The third-order valence-corrected chi connectivity index (χ3v) is 5.37. The molecular formula is C21H29N5O3. The molecule has 2 aromatic rings. The first kappa shape index (κ1) is 20.8. The van der Waals surface area contributed by atoms with Crippen molar-refractivity contribution in [3.8, 4) is 0 Å². The molecule has 1 fully saturated rings. The SMILES string of the molecule is CCC(C)C(=O)N1CCC(c2n[nH]c(CNC(=O)OCc3ccccc3)n2)CC1. The number of aromatic nitrogens is 3. The molecule has 2 N–H and O–H groups in total. The Labute approximate surface area is 171 Å². The van der Waals surface area contributed by atoms with Gasteiger partial charge in [-0.25, -0.2) is 9.78 Å². The van der Waals surface area contributed by atoms with Crippen LogP contribution in [-0.2, 0) is 22.7 Å². The van der Waals surface area contributed by atoms with Gasteiger partial charge >= 0.3 is 6.09 Å². The zero-order chi connectivity index (χ0) is 20.6. The lowest BCUT2D eigenvalue weighted by Gasteiger charge is -2.32. The predicted molar refractivity (Wildman–Crippen MR) is 108 cm³/mol. The number of carbonyl (C=O) groups is 2. The Morgan fingerprint density at radius 2 is 2.00 bits per heavy atom. The number of hydrogen-bond acceptors (Lipinski definition) is 5. The Bertz CT molecular complexity index is 800. The highest BCUT2D eigenvalue weighted by Gasteiger charge is 2.28. The van der Waals surface area contributed by atoms with Crippen LogP contribution in [0.5, 0.6) is 0 Å². The Kier molecular flexibility index (Phi) is 7.21. The topological polar surface area (TPSA) is 100 Å². The lowest BCUT2D eigenvalue weighted by molar-refractivity contribution is -0.136. The summed E-state index contributed by atoms with van der Waals surface area (Å²) in [6.07, 6.45) is 2.07. The average Bonchev–Trinajstić information content (AvgIpc) is 3.25. The molecule has 1 atom stereocenters. The average molecular weight is 399 g/mol. The van der Waals surface area contributed by atoms with E-state index in [2.05, 4.69) is 20.5 Å². The van der Waals surface area contributed by atoms with E-state index in [1.54, 1.807) is 0 Å². The monoisotopic (exact) mass is 399 g/mol. The number of nitrogens with zero attached hydrogens (tertiary/aromatic N) is 3. The summed E-state index contributed by atoms with van der Waals surface area (Å²) in [7, 11) is 0. The number of nitrogens with one attached hydrogen (secondary N) is 2. The van der Waals surface area contributed by atoms with Gasteiger partial charge < -0.3 is 15.0 Å². The van der Waals surface area contributed by atoms with Crippen molar-refractivity contribution in [1.29, 1.82) is 0 Å². The van der Waals surface area contributed by atoms with Gasteiger partial charge in [0.1, 0.15) is 12.4 Å². The number of ether oxygens (including phenoxy) is 1. The van der Waals surface area contributed by atoms with Gasteiger partial charge in [0.05, 0.1) is 6.54 Å². The summed E-state index contributed by atoms with van der Waals surface area (Å²) in [5.74, 6) is 1.88. The molecule has 1 saturated heterocycles. The van der Waals surface area contributed by atoms with E-state index in [1.807, 2.05) is 49.1 Å². The van der Waals surface area contributed by atoms with Gasteiger partial charge in [-0.15, -0.1) is 0 Å². The highest BCUT2D eigenvalue weighted by Crippen LogP contribution is 2.26. The van der Waals surface area contributed by atoms with Crippen LogP contribution >= 0.6 is 0 Å². The molecule has 2 heterocycles. The van der Waals surface area contributed by atoms with Crippen LogP contribution in [0.4, 0.5) is 4.79 Å². The molecule has 8 heteroatoms. The molecule has 1 aromatic heterocycles. The van der Waals surface area contributed by atoms with Gasteiger partial charge in [0, 0.05) is 24.9 Å². The standard InChI is InChI=1S/C21H29N5O3/c1-3-15(2)20(27)26-11-9-17(10-12-26)19-23-18(24-25-19)13-22-21(28)29-14-16-7-5-4-6-8-16/h4-8,15,17H,3,9-14H2,1-2H3,(H,22,28)(H,23,24,25). The van der Waals surface area contributed by atoms with Crippen LogP contribution in [0, 0.1) is 5.92 Å². The summed E-state index contributed by atoms with van der Waals surface area (Å²) in [6, 6.07) is 9.52. The molecule has 1 aliphatic heterocycles. The van der Waals surface area contributed by atoms with Crippen molar-refractivity contribution in [2.24, 2.45) is 5.92 Å². The van der Waals surface area contributed by atoms with Crippen LogP contribution in [-0.4, -0.2) is 45.2 Å². The number of benzene rings is 1. The highest BCUT2D eigenvalue weighted by molar-refractivity contribution is 5.78. The predicted octanol–water partition coefficient (Wildman–Crippen LogP) is 2.98. The third kappa shape index (κ3) is 5.79. The Morgan fingerprint density at radius 3 is 2.69 bits per heavy atom. The van der Waals surface area contributed by atoms with E-state index >= 15 is 0 Å². The quantitative estimate of drug-likeness (QED) is 0.745. The molecule has 1 unspecified atom stereocenters. The van der Waals surface area contributed by atoms with Crippen molar-refractivity contribution in [3.05, 3.63) is 47.5 Å². The van der Waals surface area contributed by atoms with Crippen molar-refractivity contribution in [3.63, 3.8) is 0 Å². The van der Waals surface area contributed by atoms with Gasteiger partial charge in [0.2, 0.25) is 5.91 Å². The minimum Gasteiger partial charge on any atom is -0.445 e. The number of aromatic amines is 1. The van der Waals surface area contributed by atoms with Crippen molar-refractivity contribution >= 4 is 12.0 Å². The fraction of sp³-hybridized carbons (Fsp3) is 0.524. The first-order valence-electron chi connectivity index (χ1n) is 10.2. The Hall–Kier alpha value is -2.90. The smallest absolute Gasteiger partial charge is 0.407 e. The first-order chi connectivity index (χ1) is 14.1. The maximum absolute atomic E-state index is 12.3. The highest BCUT2D eigenvalue weighted by atomic mass is 16.5. The van der Waals surface area contributed by atoms with Gasteiger partial charge in [0.25, 0.3) is 0 Å². The number of piperidine rings is 1. The number of H-pyrrole nitrogens is 1. The molecule has 0 spiro atoms. The Balaban J connectivity index is 1.41. The van der Waals surface area contributed by atoms with Gasteiger partial charge in [0.15, 0.2) is 5.82 Å². The van der Waals surface area contributed by atoms with Crippen LogP contribution in [0.25, 0.3) is 0 Å². The molecule has 8 nitrogen and oxygen atoms in total. The summed E-state index contributed by atoms with van der Waals surface area (Å²) >= 11 is 0. The van der Waals surface area contributed by atoms with E-state index in [0.717, 1.165) is 43.7 Å². The molecule has 0 saturated carbocycles. The van der Waals surface area contributed by atoms with Gasteiger partial charge in [-0.3, -0.25) is 9.89 Å². The van der Waals surface area contributed by atoms with Crippen LogP contribution in [0.3, 0.4) is 0 Å². The summed E-state index contributed by atoms with van der Waals surface area (Å²) in [6.45, 7) is 5.95. The van der Waals surface area contributed by atoms with Gasteiger partial charge in [-0.05, 0) is 24.8 Å². The lowest BCUT2D eigenvalue weighted by atomic mass is 9.95. The van der Waals surface area contributed by atoms with Crippen molar-refractivity contribution < 1.29 is 14.3 Å². The van der Waals surface area contributed by atoms with Crippen molar-refractivity contribution in [2.45, 2.75) is 52.2 Å². The van der Waals surface area contributed by atoms with Gasteiger partial charge in [-0.1, -0.05) is 44.2 Å². The second kappa shape index (κ2) is 10.0. The van der Waals surface area contributed by atoms with Crippen LogP contribution in [0.15, 0.2) is 30.3 Å². The molecule has 0 radical (unpaired) electrons. The van der Waals surface area contributed by atoms with Crippen LogP contribution in [0.2, 0.25) is 0 Å². The molecule has 3 rings (SSSR count). The molecule has 29 heavy (non-hydrogen) atoms. The number of rotatable bonds is 7. The lowest BCUT2D eigenvalue weighted by Crippen LogP contribution is -2.40. The number of carbonyl (C=O) groups excluding carboxylic acids is 2. The van der Waals surface area contributed by atoms with Gasteiger partial charge in [-0.2, -0.15) is 5.10 Å². The number of likely N-dealkylation sites (tertiary alicyclic amines) is 1. The first-order valence-corrected chi connectivity index (χ1v) is 10.2. The molecule has 0 bridgehead atoms. The largest absolute Gasteiger partial charge is 0.445 e. The van der Waals surface area contributed by atoms with Crippen LogP contribution in [0.1, 0.15) is 56.2 Å². The molecule has 1 aromatic carbocycles. The number of alkyl carbamates (subject to hydrolysis) is 1. The van der Waals surface area contributed by atoms with Crippen LogP contribution < -0.4 is 5.32 Å². The minimum absolute atomic E-state index is 0.0781. The summed E-state index contributed by atoms with van der Waals surface area (Å²) < 4.78 is 5.19. The fourth-order valence-electron chi connectivity index (χ4n) is 3.35. The third-order valence-electron chi connectivity index (χ3n) is 5.37. The number of hydrogen-bond donors (Lipinski definition) is 2. The molecule has 1 aliphatic rings. The van der Waals surface area contributed by atoms with E-state index in [1.165, 1.54) is 0 Å². The van der Waals surface area contributed by atoms with E-state index < -0.39 is 6.09 Å². The maximum atomic E-state index is 12.3. The van der Waals surface area contributed by atoms with E-state index in [4.69, 9.17) is 4.74 Å². The van der Waals surface area contributed by atoms with Crippen molar-refractivity contribution in [1.82, 2.24) is 25.4 Å². The minimum atomic E-state index is -0.497. The zero-order valence-electron chi connectivity index (χ0n) is 17.1. The maximum Gasteiger partial charge on any atom is 0.407 e. The summed E-state index contributed by atoms with van der Waals surface area (Å²) in [4.78, 5) is 30.6. The second-order valence-electron chi connectivity index (χ2n) is 7.46. The normalized spacial score (nSPS) is 15.7. The van der Waals surface area contributed by atoms with E-state index in [9.17, 15) is 9.59 Å². The van der Waals surface area contributed by atoms with E-state index in [0.29, 0.717) is 5.82 Å². The molecule has 2 amide bonds.